The van der Waals surface area contributed by atoms with Crippen molar-refractivity contribution in [2.24, 2.45) is 11.8 Å². The van der Waals surface area contributed by atoms with Crippen molar-refractivity contribution in [3.05, 3.63) is 114 Å². The normalized spacial score (nSPS) is 21.4. The Labute approximate surface area is 353 Å². The molecule has 3 aromatic carbocycles. The van der Waals surface area contributed by atoms with E-state index in [1.807, 2.05) is 73.8 Å². The van der Waals surface area contributed by atoms with Crippen LogP contribution in [-0.4, -0.2) is 99.6 Å². The lowest BCUT2D eigenvalue weighted by Gasteiger charge is -2.33. The average Bonchev–Trinajstić information content (AvgIpc) is 3.82. The highest BCUT2D eigenvalue weighted by atomic mass is 16.6. The lowest BCUT2D eigenvalue weighted by Crippen LogP contribution is -2.41. The van der Waals surface area contributed by atoms with Gasteiger partial charge < -0.3 is 34.8 Å². The number of aromatic nitrogens is 2. The number of anilines is 1. The molecule has 0 amide bonds. The van der Waals surface area contributed by atoms with Gasteiger partial charge in [0, 0.05) is 55.4 Å². The Balaban J connectivity index is 0.805. The molecule has 0 radical (unpaired) electrons. The molecule has 0 unspecified atom stereocenters. The first kappa shape index (κ1) is 44.5. The third kappa shape index (κ3) is 14.0. The van der Waals surface area contributed by atoms with Gasteiger partial charge in [0.2, 0.25) is 0 Å². The van der Waals surface area contributed by atoms with Crippen LogP contribution in [-0.2, 0) is 32.0 Å². The maximum Gasteiger partial charge on any atom is 0.344 e. The number of H-pyrrole nitrogens is 1. The number of aliphatic hydroxyl groups excluding tert-OH is 3. The van der Waals surface area contributed by atoms with Crippen molar-refractivity contribution in [1.29, 1.82) is 0 Å². The van der Waals surface area contributed by atoms with Gasteiger partial charge in [-0.25, -0.2) is 4.79 Å². The molecule has 5 N–H and O–H groups in total. The van der Waals surface area contributed by atoms with E-state index in [4.69, 9.17) is 14.2 Å². The molecule has 60 heavy (non-hydrogen) atoms. The molecule has 6 atom stereocenters. The number of hydrogen-bond donors (Lipinski definition) is 5. The summed E-state index contributed by atoms with van der Waals surface area (Å²) in [5, 5.41) is 43.5. The number of fused-ring (bicyclic) bond motifs is 1. The molecule has 1 aromatic heterocycles. The van der Waals surface area contributed by atoms with Crippen LogP contribution in [0.3, 0.4) is 0 Å². The molecule has 0 spiro atoms. The summed E-state index contributed by atoms with van der Waals surface area (Å²) >= 11 is 0. The molecule has 4 aromatic rings. The highest BCUT2D eigenvalue weighted by molar-refractivity contribution is 5.81. The van der Waals surface area contributed by atoms with E-state index >= 15 is 0 Å². The molecule has 6 rings (SSSR count). The van der Waals surface area contributed by atoms with Crippen LogP contribution in [0, 0.1) is 18.8 Å². The summed E-state index contributed by atoms with van der Waals surface area (Å²) in [6.07, 6.45) is 14.0. The highest BCUT2D eigenvalue weighted by Crippen LogP contribution is 2.36. The molecule has 1 saturated carbocycles. The van der Waals surface area contributed by atoms with Crippen molar-refractivity contribution >= 4 is 28.5 Å². The minimum absolute atomic E-state index is 0.127. The number of benzene rings is 3. The van der Waals surface area contributed by atoms with Crippen molar-refractivity contribution in [3.8, 4) is 5.75 Å². The molecule has 12 heteroatoms. The quantitative estimate of drug-likeness (QED) is 0.0321. The predicted molar refractivity (Wildman–Crippen MR) is 232 cm³/mol. The van der Waals surface area contributed by atoms with Crippen LogP contribution < -0.4 is 10.1 Å². The summed E-state index contributed by atoms with van der Waals surface area (Å²) in [5.41, 5.74) is 5.35. The Morgan fingerprint density at radius 1 is 0.983 bits per heavy atom. The lowest BCUT2D eigenvalue weighted by molar-refractivity contribution is -0.147. The molecule has 2 aliphatic rings. The molecule has 2 heterocycles. The SMILES string of the molecule is Cc1ccc(CN2CCC[C@H](Nc3ccc4[nH]ncc4c3)C2)cc1OCC(=O)OCCCOC(=O)CCC/C=C\C[C@@H]1[C@@H](/C=C/[C@@H](O)CCc2ccccc2)[C@H](O)C[C@@H]1O. The fraction of sp³-hybridized carbons (Fsp3) is 0.479. The van der Waals surface area contributed by atoms with Crippen LogP contribution in [0.25, 0.3) is 10.9 Å². The van der Waals surface area contributed by atoms with Gasteiger partial charge in [0.1, 0.15) is 5.75 Å². The topological polar surface area (TPSA) is 166 Å². The van der Waals surface area contributed by atoms with Gasteiger partial charge in [-0.1, -0.05) is 66.8 Å². The van der Waals surface area contributed by atoms with E-state index in [1.165, 1.54) is 5.56 Å². The Bertz CT molecular complexity index is 2000. The molecule has 1 aliphatic heterocycles. The third-order valence-corrected chi connectivity index (χ3v) is 11.5. The van der Waals surface area contributed by atoms with Crippen LogP contribution >= 0.6 is 0 Å². The van der Waals surface area contributed by atoms with E-state index in [1.54, 1.807) is 6.08 Å². The molecule has 1 aliphatic carbocycles. The average molecular weight is 823 g/mol. The Kier molecular flexibility index (Phi) is 17.2. The van der Waals surface area contributed by atoms with Crippen LogP contribution in [0.4, 0.5) is 5.69 Å². The maximum absolute atomic E-state index is 12.4. The van der Waals surface area contributed by atoms with E-state index in [0.717, 1.165) is 66.6 Å². The number of aromatic amines is 1. The molecular weight excluding hydrogens is 761 g/mol. The number of aryl methyl sites for hydroxylation is 2. The Morgan fingerprint density at radius 2 is 1.82 bits per heavy atom. The number of unbranched alkanes of at least 4 members (excludes halogenated alkanes) is 1. The molecular formula is C48H62N4O8. The van der Waals surface area contributed by atoms with Crippen LogP contribution in [0.1, 0.15) is 74.5 Å². The summed E-state index contributed by atoms with van der Waals surface area (Å²) in [6, 6.07) is 22.7. The van der Waals surface area contributed by atoms with Crippen LogP contribution in [0.15, 0.2) is 97.2 Å². The first-order valence-corrected chi connectivity index (χ1v) is 21.6. The zero-order valence-corrected chi connectivity index (χ0v) is 34.8. The monoisotopic (exact) mass is 822 g/mol. The van der Waals surface area contributed by atoms with E-state index in [2.05, 4.69) is 44.7 Å². The van der Waals surface area contributed by atoms with Crippen LogP contribution in [0.5, 0.6) is 5.75 Å². The lowest BCUT2D eigenvalue weighted by atomic mass is 9.89. The zero-order valence-electron chi connectivity index (χ0n) is 34.8. The van der Waals surface area contributed by atoms with E-state index in [0.29, 0.717) is 50.3 Å². The van der Waals surface area contributed by atoms with Gasteiger partial charge in [0.05, 0.1) is 43.2 Å². The minimum Gasteiger partial charge on any atom is -0.482 e. The number of rotatable bonds is 22. The van der Waals surface area contributed by atoms with Crippen molar-refractivity contribution in [1.82, 2.24) is 15.1 Å². The standard InChI is InChI=1S/C48H62N4O8/c1-34-16-17-36(31-52-24-9-13-39(32-52)50-38-19-23-43-37(28-38)30-49-51-43)27-46(34)60-33-48(57)59-26-10-25-58-47(56)15-8-3-2-7-14-41-42(45(55)29-44(41)54)22-21-40(53)20-18-35-11-5-4-6-12-35/h2,4-7,11-12,16-17,19,21-23,27-28,30,39-42,44-45,50,53-55H,3,8-10,13-15,18,20,24-26,29,31-33H2,1H3,(H,49,51)/b7-2-,22-21+/t39-,40-,41+,42+,44-,45+/m0/s1. The fourth-order valence-electron chi connectivity index (χ4n) is 8.18. The number of hydrogen-bond acceptors (Lipinski definition) is 11. The zero-order chi connectivity index (χ0) is 42.1. The summed E-state index contributed by atoms with van der Waals surface area (Å²) in [5.74, 6) is -0.496. The van der Waals surface area contributed by atoms with Crippen molar-refractivity contribution in [2.45, 2.75) is 102 Å². The van der Waals surface area contributed by atoms with Gasteiger partial charge >= 0.3 is 11.9 Å². The first-order chi connectivity index (χ1) is 29.2. The number of allylic oxidation sites excluding steroid dienone is 2. The van der Waals surface area contributed by atoms with Crippen molar-refractivity contribution in [2.75, 3.05) is 38.2 Å². The van der Waals surface area contributed by atoms with Gasteiger partial charge in [-0.15, -0.1) is 0 Å². The summed E-state index contributed by atoms with van der Waals surface area (Å²) in [6.45, 7) is 4.77. The number of nitrogens with zero attached hydrogens (tertiary/aromatic N) is 2. The molecule has 2 fully saturated rings. The van der Waals surface area contributed by atoms with Crippen LogP contribution in [0.2, 0.25) is 0 Å². The summed E-state index contributed by atoms with van der Waals surface area (Å²) in [7, 11) is 0. The fourth-order valence-corrected chi connectivity index (χ4v) is 8.18. The van der Waals surface area contributed by atoms with Gasteiger partial charge in [-0.2, -0.15) is 5.10 Å². The number of esters is 2. The van der Waals surface area contributed by atoms with Gasteiger partial charge in [-0.3, -0.25) is 14.8 Å². The smallest absolute Gasteiger partial charge is 0.344 e. The second kappa shape index (κ2) is 23.1. The van der Waals surface area contributed by atoms with Crippen molar-refractivity contribution in [3.63, 3.8) is 0 Å². The minimum atomic E-state index is -0.654. The third-order valence-electron chi connectivity index (χ3n) is 11.5. The molecule has 1 saturated heterocycles. The Hall–Kier alpha value is -5.01. The predicted octanol–water partition coefficient (Wildman–Crippen LogP) is 6.83. The number of carbonyl (C=O) groups is 2. The molecule has 322 valence electrons. The highest BCUT2D eigenvalue weighted by Gasteiger charge is 2.39. The van der Waals surface area contributed by atoms with E-state index in [-0.39, 0.29) is 44.0 Å². The van der Waals surface area contributed by atoms with Gasteiger partial charge in [0.25, 0.3) is 0 Å². The first-order valence-electron chi connectivity index (χ1n) is 21.6. The van der Waals surface area contributed by atoms with Gasteiger partial charge in [-0.05, 0) is 105 Å². The summed E-state index contributed by atoms with van der Waals surface area (Å²) in [4.78, 5) is 27.1. The Morgan fingerprint density at radius 3 is 2.67 bits per heavy atom. The molecule has 12 nitrogen and oxygen atoms in total. The van der Waals surface area contributed by atoms with Crippen molar-refractivity contribution < 1.29 is 39.1 Å². The summed E-state index contributed by atoms with van der Waals surface area (Å²) < 4.78 is 16.5. The second-order valence-corrected chi connectivity index (χ2v) is 16.3. The number of nitrogens with one attached hydrogen (secondary N) is 2. The molecule has 0 bridgehead atoms. The number of piperidine rings is 1. The number of aliphatic hydroxyl groups is 3. The van der Waals surface area contributed by atoms with Gasteiger partial charge in [0.15, 0.2) is 6.61 Å². The number of likely N-dealkylation sites (tertiary alicyclic amines) is 1. The number of ether oxygens (including phenoxy) is 3. The number of carbonyl (C=O) groups excluding carboxylic acids is 2. The van der Waals surface area contributed by atoms with E-state index < -0.39 is 24.3 Å². The van der Waals surface area contributed by atoms with E-state index in [9.17, 15) is 24.9 Å². The second-order valence-electron chi connectivity index (χ2n) is 16.3. The largest absolute Gasteiger partial charge is 0.482 e. The maximum atomic E-state index is 12.4.